The van der Waals surface area contributed by atoms with Gasteiger partial charge in [-0.05, 0) is 39.2 Å². The van der Waals surface area contributed by atoms with Gasteiger partial charge in [0, 0.05) is 37.0 Å². The Morgan fingerprint density at radius 2 is 2.19 bits per heavy atom. The molecule has 1 aliphatic carbocycles. The number of nitrogens with one attached hydrogen (secondary N) is 3. The largest absolute Gasteiger partial charge is 0.446 e. The van der Waals surface area contributed by atoms with E-state index in [1.54, 1.807) is 19.3 Å². The van der Waals surface area contributed by atoms with E-state index in [0.29, 0.717) is 11.5 Å². The molecule has 2 aromatic heterocycles. The van der Waals surface area contributed by atoms with Gasteiger partial charge in [0.15, 0.2) is 5.82 Å². The molecule has 0 aromatic carbocycles. The molecule has 2 atom stereocenters. The van der Waals surface area contributed by atoms with Crippen LogP contribution in [-0.4, -0.2) is 44.1 Å². The van der Waals surface area contributed by atoms with Crippen LogP contribution >= 0.6 is 0 Å². The second-order valence-electron chi connectivity index (χ2n) is 6.84. The van der Waals surface area contributed by atoms with Crippen LogP contribution in [-0.2, 0) is 11.8 Å². The second kappa shape index (κ2) is 7.59. The van der Waals surface area contributed by atoms with Gasteiger partial charge < -0.3 is 15.4 Å². The Morgan fingerprint density at radius 1 is 1.38 bits per heavy atom. The van der Waals surface area contributed by atoms with Crippen LogP contribution in [0.1, 0.15) is 55.2 Å². The first kappa shape index (κ1) is 18.0. The molecular weight excluding hydrogens is 336 g/mol. The second-order valence-corrected chi connectivity index (χ2v) is 6.84. The van der Waals surface area contributed by atoms with Gasteiger partial charge in [-0.1, -0.05) is 0 Å². The molecule has 1 aliphatic rings. The number of hydrogen-bond donors (Lipinski definition) is 3. The van der Waals surface area contributed by atoms with Crippen LogP contribution in [0.4, 0.5) is 10.6 Å². The number of nitrogens with zero attached hydrogens (tertiary/aromatic N) is 3. The van der Waals surface area contributed by atoms with Crippen LogP contribution in [0.2, 0.25) is 0 Å². The average molecular weight is 360 g/mol. The van der Waals surface area contributed by atoms with E-state index >= 15 is 0 Å². The maximum atomic E-state index is 12.2. The number of carbonyl (C=O) groups is 2. The molecule has 0 unspecified atom stereocenters. The van der Waals surface area contributed by atoms with Crippen LogP contribution in [0.5, 0.6) is 0 Å². The van der Waals surface area contributed by atoms with Crippen molar-refractivity contribution >= 4 is 17.8 Å². The molecule has 0 radical (unpaired) electrons. The molecule has 2 amide bonds. The summed E-state index contributed by atoms with van der Waals surface area (Å²) in [6, 6.07) is 3.53. The summed E-state index contributed by atoms with van der Waals surface area (Å²) in [5.41, 5.74) is 1.39. The zero-order chi connectivity index (χ0) is 18.7. The lowest BCUT2D eigenvalue weighted by Gasteiger charge is -2.14. The van der Waals surface area contributed by atoms with Crippen molar-refractivity contribution in [3.63, 3.8) is 0 Å². The molecule has 140 valence electrons. The fraction of sp³-hybridized carbons (Fsp3) is 0.529. The van der Waals surface area contributed by atoms with E-state index in [9.17, 15) is 9.59 Å². The summed E-state index contributed by atoms with van der Waals surface area (Å²) in [5.74, 6) is 0.427. The van der Waals surface area contributed by atoms with Gasteiger partial charge in [-0.2, -0.15) is 10.2 Å². The predicted octanol–water partition coefficient (Wildman–Crippen LogP) is 2.17. The molecule has 3 rings (SSSR count). The molecule has 0 spiro atoms. The van der Waals surface area contributed by atoms with Crippen molar-refractivity contribution in [2.75, 3.05) is 5.32 Å². The maximum Gasteiger partial charge on any atom is 0.407 e. The number of H-pyrrole nitrogens is 1. The fourth-order valence-corrected chi connectivity index (χ4v) is 3.14. The Hall–Kier alpha value is -2.84. The minimum Gasteiger partial charge on any atom is -0.446 e. The molecule has 9 nitrogen and oxygen atoms in total. The van der Waals surface area contributed by atoms with Gasteiger partial charge in [0.05, 0.1) is 0 Å². The number of alkyl carbamates (subject to hydrolysis) is 1. The Morgan fingerprint density at radius 3 is 2.88 bits per heavy atom. The van der Waals surface area contributed by atoms with E-state index in [0.717, 1.165) is 25.0 Å². The highest BCUT2D eigenvalue weighted by atomic mass is 16.6. The third-order valence-electron chi connectivity index (χ3n) is 4.40. The molecule has 0 saturated heterocycles. The monoisotopic (exact) mass is 360 g/mol. The van der Waals surface area contributed by atoms with Gasteiger partial charge in [0.25, 0.3) is 5.91 Å². The summed E-state index contributed by atoms with van der Waals surface area (Å²) in [6.45, 7) is 3.79. The zero-order valence-electron chi connectivity index (χ0n) is 15.2. The molecule has 2 heterocycles. The zero-order valence-corrected chi connectivity index (χ0v) is 15.2. The highest BCUT2D eigenvalue weighted by Gasteiger charge is 2.30. The number of rotatable bonds is 5. The van der Waals surface area contributed by atoms with Crippen molar-refractivity contribution in [1.29, 1.82) is 0 Å². The van der Waals surface area contributed by atoms with Crippen molar-refractivity contribution < 1.29 is 14.3 Å². The summed E-state index contributed by atoms with van der Waals surface area (Å²) < 4.78 is 6.95. The normalized spacial score (nSPS) is 19.5. The number of hydrogen-bond acceptors (Lipinski definition) is 5. The van der Waals surface area contributed by atoms with E-state index in [1.807, 2.05) is 19.9 Å². The lowest BCUT2D eigenvalue weighted by molar-refractivity contribution is 0.0979. The Balaban J connectivity index is 1.54. The van der Waals surface area contributed by atoms with Crippen molar-refractivity contribution in [3.8, 4) is 0 Å². The molecule has 1 fully saturated rings. The Kier molecular flexibility index (Phi) is 5.24. The van der Waals surface area contributed by atoms with Crippen LogP contribution < -0.4 is 10.6 Å². The smallest absolute Gasteiger partial charge is 0.407 e. The van der Waals surface area contributed by atoms with Gasteiger partial charge in [-0.25, -0.2) is 4.79 Å². The molecule has 0 bridgehead atoms. The number of carbonyl (C=O) groups excluding carboxylic acids is 2. The standard InChI is InChI=1S/C17H24N6O3/c1-10(2)19-17(25)26-12-5-4-11(8-12)13-9-15(22-21-13)20-16(24)14-6-7-18-23(14)3/h6-7,9-12H,4-5,8H2,1-3H3,(H,19,25)(H2,20,21,22,24)/t11-,12+/m0/s1. The van der Waals surface area contributed by atoms with Gasteiger partial charge in [-0.3, -0.25) is 14.6 Å². The van der Waals surface area contributed by atoms with E-state index in [2.05, 4.69) is 25.9 Å². The molecular formula is C17H24N6O3. The third-order valence-corrected chi connectivity index (χ3v) is 4.40. The van der Waals surface area contributed by atoms with Gasteiger partial charge in [0.2, 0.25) is 0 Å². The maximum absolute atomic E-state index is 12.2. The summed E-state index contributed by atoms with van der Waals surface area (Å²) in [7, 11) is 1.71. The minimum absolute atomic E-state index is 0.0536. The summed E-state index contributed by atoms with van der Waals surface area (Å²) in [4.78, 5) is 23.9. The first-order chi connectivity index (χ1) is 12.4. The molecule has 2 aromatic rings. The van der Waals surface area contributed by atoms with E-state index in [-0.39, 0.29) is 30.1 Å². The summed E-state index contributed by atoms with van der Waals surface area (Å²) in [6.07, 6.45) is 3.54. The van der Waals surface area contributed by atoms with E-state index in [1.165, 1.54) is 4.68 Å². The van der Waals surface area contributed by atoms with E-state index < -0.39 is 0 Å². The van der Waals surface area contributed by atoms with Crippen molar-refractivity contribution in [2.45, 2.75) is 51.2 Å². The number of aromatic nitrogens is 4. The predicted molar refractivity (Wildman–Crippen MR) is 94.9 cm³/mol. The summed E-state index contributed by atoms with van der Waals surface area (Å²) >= 11 is 0. The van der Waals surface area contributed by atoms with Crippen molar-refractivity contribution in [3.05, 3.63) is 29.7 Å². The highest BCUT2D eigenvalue weighted by molar-refractivity contribution is 6.02. The van der Waals surface area contributed by atoms with Gasteiger partial charge in [0.1, 0.15) is 11.8 Å². The van der Waals surface area contributed by atoms with Crippen molar-refractivity contribution in [1.82, 2.24) is 25.3 Å². The Bertz CT molecular complexity index is 781. The number of ether oxygens (including phenoxy) is 1. The lowest BCUT2D eigenvalue weighted by atomic mass is 10.0. The first-order valence-electron chi connectivity index (χ1n) is 8.74. The van der Waals surface area contributed by atoms with Crippen LogP contribution in [0.3, 0.4) is 0 Å². The number of aromatic amines is 1. The number of amides is 2. The molecule has 1 saturated carbocycles. The fourth-order valence-electron chi connectivity index (χ4n) is 3.14. The minimum atomic E-state index is -0.376. The topological polar surface area (TPSA) is 114 Å². The molecule has 9 heteroatoms. The average Bonchev–Trinajstić information content (AvgIpc) is 3.27. The number of anilines is 1. The number of aryl methyl sites for hydroxylation is 1. The van der Waals surface area contributed by atoms with Gasteiger partial charge >= 0.3 is 6.09 Å². The van der Waals surface area contributed by atoms with Crippen LogP contribution in [0, 0.1) is 0 Å². The summed E-state index contributed by atoms with van der Waals surface area (Å²) in [5, 5.41) is 16.6. The molecule has 3 N–H and O–H groups in total. The van der Waals surface area contributed by atoms with Crippen LogP contribution in [0.25, 0.3) is 0 Å². The van der Waals surface area contributed by atoms with Gasteiger partial charge in [-0.15, -0.1) is 0 Å². The molecule has 0 aliphatic heterocycles. The third kappa shape index (κ3) is 4.22. The molecule has 26 heavy (non-hydrogen) atoms. The highest BCUT2D eigenvalue weighted by Crippen LogP contribution is 2.35. The van der Waals surface area contributed by atoms with Crippen LogP contribution in [0.15, 0.2) is 18.3 Å². The first-order valence-corrected chi connectivity index (χ1v) is 8.74. The SMILES string of the molecule is CC(C)NC(=O)O[C@@H]1CC[C@H](c2cc(NC(=O)c3ccnn3C)n[nH]2)C1. The Labute approximate surface area is 151 Å². The quantitative estimate of drug-likeness (QED) is 0.756. The van der Waals surface area contributed by atoms with E-state index in [4.69, 9.17) is 4.74 Å². The lowest BCUT2D eigenvalue weighted by Crippen LogP contribution is -2.33. The van der Waals surface area contributed by atoms with Crippen molar-refractivity contribution in [2.24, 2.45) is 7.05 Å².